The lowest BCUT2D eigenvalue weighted by molar-refractivity contribution is -0.125. The van der Waals surface area contributed by atoms with Crippen molar-refractivity contribution in [2.75, 3.05) is 5.32 Å². The van der Waals surface area contributed by atoms with Crippen molar-refractivity contribution in [3.8, 4) is 0 Å². The third-order valence-corrected chi connectivity index (χ3v) is 5.01. The van der Waals surface area contributed by atoms with Crippen molar-refractivity contribution in [3.05, 3.63) is 29.3 Å². The summed E-state index contributed by atoms with van der Waals surface area (Å²) in [6.07, 6.45) is 3.83. The van der Waals surface area contributed by atoms with E-state index in [9.17, 15) is 9.59 Å². The van der Waals surface area contributed by atoms with Crippen LogP contribution in [0, 0.1) is 11.8 Å². The second kappa shape index (κ2) is 8.34. The summed E-state index contributed by atoms with van der Waals surface area (Å²) in [5.41, 5.74) is 0.689. The predicted molar refractivity (Wildman–Crippen MR) is 93.4 cm³/mol. The number of amides is 2. The first kappa shape index (κ1) is 17.8. The Morgan fingerprint density at radius 1 is 1.09 bits per heavy atom. The molecule has 23 heavy (non-hydrogen) atoms. The predicted octanol–water partition coefficient (Wildman–Crippen LogP) is 4.00. The van der Waals surface area contributed by atoms with Crippen molar-refractivity contribution in [2.45, 2.75) is 52.0 Å². The van der Waals surface area contributed by atoms with Crippen LogP contribution in [0.15, 0.2) is 24.3 Å². The fourth-order valence-corrected chi connectivity index (χ4v) is 3.17. The molecule has 1 aliphatic carbocycles. The summed E-state index contributed by atoms with van der Waals surface area (Å²) in [5, 5.41) is 6.48. The molecule has 1 aliphatic rings. The van der Waals surface area contributed by atoms with Crippen LogP contribution >= 0.6 is 11.6 Å². The van der Waals surface area contributed by atoms with Gasteiger partial charge in [0.25, 0.3) is 0 Å². The summed E-state index contributed by atoms with van der Waals surface area (Å²) in [7, 11) is 0. The fraction of sp³-hybridized carbons (Fsp3) is 0.556. The Kier molecular flexibility index (Phi) is 6.46. The molecule has 0 spiro atoms. The van der Waals surface area contributed by atoms with Crippen molar-refractivity contribution in [1.82, 2.24) is 5.32 Å². The summed E-state index contributed by atoms with van der Waals surface area (Å²) in [6.45, 7) is 4.44. The molecule has 0 radical (unpaired) electrons. The maximum absolute atomic E-state index is 12.1. The van der Waals surface area contributed by atoms with Crippen molar-refractivity contribution in [3.63, 3.8) is 0 Å². The second-order valence-corrected chi connectivity index (χ2v) is 6.93. The highest BCUT2D eigenvalue weighted by Crippen LogP contribution is 2.29. The van der Waals surface area contributed by atoms with E-state index in [0.717, 1.165) is 12.8 Å². The average molecular weight is 337 g/mol. The van der Waals surface area contributed by atoms with Gasteiger partial charge in [0.2, 0.25) is 11.8 Å². The van der Waals surface area contributed by atoms with Crippen LogP contribution in [0.4, 0.5) is 5.69 Å². The zero-order valence-electron chi connectivity index (χ0n) is 13.8. The molecule has 126 valence electrons. The van der Waals surface area contributed by atoms with Gasteiger partial charge < -0.3 is 10.6 Å². The third kappa shape index (κ3) is 5.54. The maximum Gasteiger partial charge on any atom is 0.224 e. The lowest BCUT2D eigenvalue weighted by Gasteiger charge is -2.34. The minimum absolute atomic E-state index is 0.0396. The Morgan fingerprint density at radius 2 is 1.74 bits per heavy atom. The number of carbonyl (C=O) groups excluding carboxylic acids is 2. The number of rotatable bonds is 5. The van der Waals surface area contributed by atoms with Crippen LogP contribution in [0.2, 0.25) is 5.02 Å². The minimum Gasteiger partial charge on any atom is -0.353 e. The fourth-order valence-electron chi connectivity index (χ4n) is 3.05. The number of benzene rings is 1. The number of anilines is 1. The normalized spacial score (nSPS) is 24.0. The highest BCUT2D eigenvalue weighted by molar-refractivity contribution is 6.30. The molecule has 0 aliphatic heterocycles. The molecule has 3 atom stereocenters. The van der Waals surface area contributed by atoms with Crippen molar-refractivity contribution >= 4 is 29.1 Å². The number of carbonyl (C=O) groups is 2. The van der Waals surface area contributed by atoms with Crippen LogP contribution < -0.4 is 10.6 Å². The standard InChI is InChI=1S/C18H25ClN2O2/c1-12-4-3-5-16(13(12)2)21-18(23)11-10-17(22)20-15-8-6-14(19)7-9-15/h6-9,12-13,16H,3-5,10-11H2,1-2H3,(H,20,22)(H,21,23)/t12-,13+,16-/m1/s1. The zero-order valence-corrected chi connectivity index (χ0v) is 14.5. The van der Waals surface area contributed by atoms with Gasteiger partial charge in [-0.3, -0.25) is 9.59 Å². The van der Waals surface area contributed by atoms with Crippen molar-refractivity contribution < 1.29 is 9.59 Å². The number of hydrogen-bond donors (Lipinski definition) is 2. The lowest BCUT2D eigenvalue weighted by atomic mass is 9.78. The zero-order chi connectivity index (χ0) is 16.8. The highest BCUT2D eigenvalue weighted by Gasteiger charge is 2.28. The molecular formula is C18H25ClN2O2. The van der Waals surface area contributed by atoms with E-state index in [-0.39, 0.29) is 30.7 Å². The third-order valence-electron chi connectivity index (χ3n) is 4.76. The molecule has 1 saturated carbocycles. The molecule has 0 saturated heterocycles. The first-order valence-electron chi connectivity index (χ1n) is 8.30. The minimum atomic E-state index is -0.160. The lowest BCUT2D eigenvalue weighted by Crippen LogP contribution is -2.43. The Morgan fingerprint density at radius 3 is 2.43 bits per heavy atom. The van der Waals surface area contributed by atoms with E-state index in [1.54, 1.807) is 24.3 Å². The van der Waals surface area contributed by atoms with E-state index in [4.69, 9.17) is 11.6 Å². The van der Waals surface area contributed by atoms with Crippen molar-refractivity contribution in [1.29, 1.82) is 0 Å². The smallest absolute Gasteiger partial charge is 0.224 e. The van der Waals surface area contributed by atoms with Gasteiger partial charge in [-0.2, -0.15) is 0 Å². The quantitative estimate of drug-likeness (QED) is 0.853. The molecule has 1 aromatic carbocycles. The topological polar surface area (TPSA) is 58.2 Å². The van der Waals surface area contributed by atoms with Gasteiger partial charge in [-0.05, 0) is 42.5 Å². The van der Waals surface area contributed by atoms with E-state index in [0.29, 0.717) is 22.5 Å². The number of hydrogen-bond acceptors (Lipinski definition) is 2. The Bertz CT molecular complexity index is 544. The number of nitrogens with one attached hydrogen (secondary N) is 2. The summed E-state index contributed by atoms with van der Waals surface area (Å²) in [4.78, 5) is 23.9. The van der Waals surface area contributed by atoms with E-state index < -0.39 is 0 Å². The average Bonchev–Trinajstić information content (AvgIpc) is 2.52. The molecule has 1 aromatic rings. The van der Waals surface area contributed by atoms with Gasteiger partial charge in [0.15, 0.2) is 0 Å². The summed E-state index contributed by atoms with van der Waals surface area (Å²) >= 11 is 5.80. The molecule has 5 heteroatoms. The van der Waals surface area contributed by atoms with Gasteiger partial charge in [0.1, 0.15) is 0 Å². The molecule has 2 amide bonds. The van der Waals surface area contributed by atoms with Gasteiger partial charge in [0.05, 0.1) is 0 Å². The van der Waals surface area contributed by atoms with E-state index >= 15 is 0 Å². The van der Waals surface area contributed by atoms with Crippen LogP contribution in [0.5, 0.6) is 0 Å². The molecule has 0 aromatic heterocycles. The first-order valence-corrected chi connectivity index (χ1v) is 8.68. The van der Waals surface area contributed by atoms with Gasteiger partial charge in [0, 0.05) is 29.6 Å². The SMILES string of the molecule is C[C@H]1[C@H](C)CCC[C@H]1NC(=O)CCC(=O)Nc1ccc(Cl)cc1. The van der Waals surface area contributed by atoms with Crippen molar-refractivity contribution in [2.24, 2.45) is 11.8 Å². The molecule has 4 nitrogen and oxygen atoms in total. The first-order chi connectivity index (χ1) is 11.0. The van der Waals surface area contributed by atoms with Crippen LogP contribution in [0.25, 0.3) is 0 Å². The molecular weight excluding hydrogens is 312 g/mol. The van der Waals surface area contributed by atoms with Gasteiger partial charge >= 0.3 is 0 Å². The molecule has 2 N–H and O–H groups in total. The monoisotopic (exact) mass is 336 g/mol. The van der Waals surface area contributed by atoms with E-state index in [2.05, 4.69) is 24.5 Å². The van der Waals surface area contributed by atoms with Crippen LogP contribution in [0.1, 0.15) is 46.0 Å². The molecule has 1 fully saturated rings. The second-order valence-electron chi connectivity index (χ2n) is 6.50. The van der Waals surface area contributed by atoms with Gasteiger partial charge in [-0.1, -0.05) is 38.3 Å². The highest BCUT2D eigenvalue weighted by atomic mass is 35.5. The Labute approximate surface area is 143 Å². The largest absolute Gasteiger partial charge is 0.353 e. The summed E-state index contributed by atoms with van der Waals surface area (Å²) in [6, 6.07) is 7.16. The molecule has 0 bridgehead atoms. The van der Waals surface area contributed by atoms with Gasteiger partial charge in [-0.25, -0.2) is 0 Å². The Balaban J connectivity index is 1.73. The summed E-state index contributed by atoms with van der Waals surface area (Å²) in [5.74, 6) is 0.938. The van der Waals surface area contributed by atoms with Crippen LogP contribution in [-0.4, -0.2) is 17.9 Å². The van der Waals surface area contributed by atoms with E-state index in [1.165, 1.54) is 6.42 Å². The van der Waals surface area contributed by atoms with Gasteiger partial charge in [-0.15, -0.1) is 0 Å². The maximum atomic E-state index is 12.1. The summed E-state index contributed by atoms with van der Waals surface area (Å²) < 4.78 is 0. The van der Waals surface area contributed by atoms with E-state index in [1.807, 2.05) is 0 Å². The van der Waals surface area contributed by atoms with Crippen LogP contribution in [0.3, 0.4) is 0 Å². The molecule has 0 unspecified atom stereocenters. The molecule has 0 heterocycles. The molecule has 2 rings (SSSR count). The van der Waals surface area contributed by atoms with Crippen LogP contribution in [-0.2, 0) is 9.59 Å². The Hall–Kier alpha value is -1.55. The number of halogens is 1.